The number of carbonyl (C=O) groups excluding carboxylic acids is 1. The van der Waals surface area contributed by atoms with E-state index < -0.39 is 0 Å². The van der Waals surface area contributed by atoms with Gasteiger partial charge in [0.15, 0.2) is 0 Å². The first kappa shape index (κ1) is 15.2. The molecule has 3 nitrogen and oxygen atoms in total. The van der Waals surface area contributed by atoms with Crippen molar-refractivity contribution in [3.63, 3.8) is 0 Å². The SMILES string of the molecule is CCC1c2ccsc2CCN1C(=O)/C=C/CN.Cl. The summed E-state index contributed by atoms with van der Waals surface area (Å²) in [5, 5.41) is 2.12. The zero-order valence-corrected chi connectivity index (χ0v) is 12.1. The molecule has 1 aliphatic heterocycles. The first-order chi connectivity index (χ1) is 8.27. The normalized spacial score (nSPS) is 18.6. The molecule has 0 bridgehead atoms. The van der Waals surface area contributed by atoms with Gasteiger partial charge in [-0.2, -0.15) is 0 Å². The molecule has 0 fully saturated rings. The largest absolute Gasteiger partial charge is 0.332 e. The second-order valence-corrected chi connectivity index (χ2v) is 5.14. The number of amides is 1. The quantitative estimate of drug-likeness (QED) is 0.868. The van der Waals surface area contributed by atoms with Crippen molar-refractivity contribution in [1.29, 1.82) is 0 Å². The van der Waals surface area contributed by atoms with E-state index in [1.54, 1.807) is 23.5 Å². The van der Waals surface area contributed by atoms with E-state index in [-0.39, 0.29) is 24.4 Å². The lowest BCUT2D eigenvalue weighted by Crippen LogP contribution is -2.38. The number of thiophene rings is 1. The molecule has 5 heteroatoms. The van der Waals surface area contributed by atoms with E-state index in [0.717, 1.165) is 19.4 Å². The molecule has 2 N–H and O–H groups in total. The van der Waals surface area contributed by atoms with Crippen LogP contribution >= 0.6 is 23.7 Å². The van der Waals surface area contributed by atoms with Crippen molar-refractivity contribution in [3.05, 3.63) is 34.0 Å². The van der Waals surface area contributed by atoms with Crippen molar-refractivity contribution in [2.24, 2.45) is 5.73 Å². The fourth-order valence-corrected chi connectivity index (χ4v) is 3.29. The minimum absolute atomic E-state index is 0. The van der Waals surface area contributed by atoms with Gasteiger partial charge in [-0.15, -0.1) is 23.7 Å². The van der Waals surface area contributed by atoms with Gasteiger partial charge in [0, 0.05) is 24.0 Å². The molecule has 1 aliphatic rings. The first-order valence-electron chi connectivity index (χ1n) is 6.01. The van der Waals surface area contributed by atoms with Crippen LogP contribution in [0.15, 0.2) is 23.6 Å². The molecule has 0 saturated carbocycles. The summed E-state index contributed by atoms with van der Waals surface area (Å²) in [6, 6.07) is 2.39. The molecule has 18 heavy (non-hydrogen) atoms. The average Bonchev–Trinajstić information content (AvgIpc) is 2.82. The highest BCUT2D eigenvalue weighted by Gasteiger charge is 2.28. The van der Waals surface area contributed by atoms with Crippen LogP contribution in [0.25, 0.3) is 0 Å². The molecule has 2 heterocycles. The molecule has 1 unspecified atom stereocenters. The molecule has 0 aliphatic carbocycles. The molecule has 1 atom stereocenters. The van der Waals surface area contributed by atoms with E-state index in [1.807, 2.05) is 4.90 Å². The van der Waals surface area contributed by atoms with E-state index >= 15 is 0 Å². The van der Waals surface area contributed by atoms with Crippen molar-refractivity contribution < 1.29 is 4.79 Å². The topological polar surface area (TPSA) is 46.3 Å². The highest BCUT2D eigenvalue weighted by atomic mass is 35.5. The van der Waals surface area contributed by atoms with Crippen LogP contribution in [-0.2, 0) is 11.2 Å². The predicted molar refractivity (Wildman–Crippen MR) is 78.2 cm³/mol. The average molecular weight is 287 g/mol. The van der Waals surface area contributed by atoms with Crippen LogP contribution < -0.4 is 5.73 Å². The summed E-state index contributed by atoms with van der Waals surface area (Å²) >= 11 is 1.80. The maximum atomic E-state index is 12.0. The summed E-state index contributed by atoms with van der Waals surface area (Å²) in [7, 11) is 0. The van der Waals surface area contributed by atoms with Crippen molar-refractivity contribution in [2.45, 2.75) is 25.8 Å². The van der Waals surface area contributed by atoms with E-state index in [9.17, 15) is 4.79 Å². The maximum absolute atomic E-state index is 12.0. The molecule has 1 aromatic heterocycles. The molecule has 0 spiro atoms. The van der Waals surface area contributed by atoms with Gasteiger partial charge in [-0.1, -0.05) is 13.0 Å². The third kappa shape index (κ3) is 2.94. The standard InChI is InChI=1S/C13H18N2OS.ClH/c1-2-11-10-6-9-17-12(10)5-8-15(11)13(16)4-3-7-14;/h3-4,6,9,11H,2,5,7-8,14H2,1H3;1H/b4-3+;. The Kier molecular flexibility index (Phi) is 5.85. The van der Waals surface area contributed by atoms with Crippen LogP contribution in [-0.4, -0.2) is 23.9 Å². The Bertz CT molecular complexity index is 430. The van der Waals surface area contributed by atoms with E-state index in [0.29, 0.717) is 6.54 Å². The van der Waals surface area contributed by atoms with Crippen molar-refractivity contribution >= 4 is 29.7 Å². The van der Waals surface area contributed by atoms with Gasteiger partial charge in [0.1, 0.15) is 0 Å². The summed E-state index contributed by atoms with van der Waals surface area (Å²) in [6.07, 6.45) is 5.26. The Balaban J connectivity index is 0.00000162. The predicted octanol–water partition coefficient (Wildman–Crippen LogP) is 2.52. The van der Waals surface area contributed by atoms with Gasteiger partial charge in [0.25, 0.3) is 0 Å². The molecule has 0 aromatic carbocycles. The van der Waals surface area contributed by atoms with Gasteiger partial charge in [-0.25, -0.2) is 0 Å². The highest BCUT2D eigenvalue weighted by Crippen LogP contribution is 2.35. The number of rotatable bonds is 3. The van der Waals surface area contributed by atoms with Crippen LogP contribution in [0, 0.1) is 0 Å². The lowest BCUT2D eigenvalue weighted by atomic mass is 9.98. The van der Waals surface area contributed by atoms with Gasteiger partial charge in [-0.3, -0.25) is 4.79 Å². The van der Waals surface area contributed by atoms with Gasteiger partial charge in [-0.05, 0) is 29.9 Å². The van der Waals surface area contributed by atoms with Crippen LogP contribution in [0.4, 0.5) is 0 Å². The molecular weight excluding hydrogens is 268 g/mol. The minimum Gasteiger partial charge on any atom is -0.332 e. The summed E-state index contributed by atoms with van der Waals surface area (Å²) in [5.41, 5.74) is 6.71. The molecule has 0 saturated heterocycles. The zero-order chi connectivity index (χ0) is 12.3. The number of fused-ring (bicyclic) bond motifs is 1. The third-order valence-electron chi connectivity index (χ3n) is 3.16. The molecule has 100 valence electrons. The second kappa shape index (κ2) is 6.92. The lowest BCUT2D eigenvalue weighted by Gasteiger charge is -2.34. The summed E-state index contributed by atoms with van der Waals surface area (Å²) in [5.74, 6) is 0.0825. The van der Waals surface area contributed by atoms with E-state index in [2.05, 4.69) is 18.4 Å². The fraction of sp³-hybridized carbons (Fsp3) is 0.462. The van der Waals surface area contributed by atoms with Crippen LogP contribution in [0.1, 0.15) is 29.8 Å². The van der Waals surface area contributed by atoms with Crippen molar-refractivity contribution in [1.82, 2.24) is 4.90 Å². The zero-order valence-electron chi connectivity index (χ0n) is 10.5. The summed E-state index contributed by atoms with van der Waals surface area (Å²) in [6.45, 7) is 3.37. The van der Waals surface area contributed by atoms with Crippen LogP contribution in [0.5, 0.6) is 0 Å². The van der Waals surface area contributed by atoms with E-state index in [1.165, 1.54) is 10.4 Å². The Morgan fingerprint density at radius 2 is 2.44 bits per heavy atom. The second-order valence-electron chi connectivity index (χ2n) is 4.14. The molecule has 1 aromatic rings. The Morgan fingerprint density at radius 1 is 1.67 bits per heavy atom. The molecule has 0 radical (unpaired) electrons. The van der Waals surface area contributed by atoms with Gasteiger partial charge >= 0.3 is 0 Å². The minimum atomic E-state index is 0. The Hall–Kier alpha value is -0.840. The number of nitrogens with two attached hydrogens (primary N) is 1. The third-order valence-corrected chi connectivity index (χ3v) is 4.16. The molecule has 1 amide bonds. The van der Waals surface area contributed by atoms with Crippen LogP contribution in [0.3, 0.4) is 0 Å². The van der Waals surface area contributed by atoms with Crippen molar-refractivity contribution in [3.8, 4) is 0 Å². The van der Waals surface area contributed by atoms with Gasteiger partial charge in [0.2, 0.25) is 5.91 Å². The van der Waals surface area contributed by atoms with Gasteiger partial charge < -0.3 is 10.6 Å². The smallest absolute Gasteiger partial charge is 0.246 e. The summed E-state index contributed by atoms with van der Waals surface area (Å²) in [4.78, 5) is 15.4. The maximum Gasteiger partial charge on any atom is 0.246 e. The number of hydrogen-bond donors (Lipinski definition) is 1. The van der Waals surface area contributed by atoms with Gasteiger partial charge in [0.05, 0.1) is 6.04 Å². The number of carbonyl (C=O) groups is 1. The highest BCUT2D eigenvalue weighted by molar-refractivity contribution is 7.10. The Morgan fingerprint density at radius 3 is 3.11 bits per heavy atom. The fourth-order valence-electron chi connectivity index (χ4n) is 2.37. The van der Waals surface area contributed by atoms with E-state index in [4.69, 9.17) is 5.73 Å². The first-order valence-corrected chi connectivity index (χ1v) is 6.89. The van der Waals surface area contributed by atoms with Crippen molar-refractivity contribution in [2.75, 3.05) is 13.1 Å². The number of hydrogen-bond acceptors (Lipinski definition) is 3. The monoisotopic (exact) mass is 286 g/mol. The molecule has 2 rings (SSSR count). The van der Waals surface area contributed by atoms with Crippen LogP contribution in [0.2, 0.25) is 0 Å². The Labute approximate surface area is 118 Å². The molecular formula is C13H19ClN2OS. The lowest BCUT2D eigenvalue weighted by molar-refractivity contribution is -0.128. The number of nitrogens with zero attached hydrogens (tertiary/aromatic N) is 1. The summed E-state index contributed by atoms with van der Waals surface area (Å²) < 4.78 is 0. The number of halogens is 1.